The van der Waals surface area contributed by atoms with Gasteiger partial charge in [-0.15, -0.1) is 0 Å². The summed E-state index contributed by atoms with van der Waals surface area (Å²) in [5, 5.41) is 23.6. The Balaban J connectivity index is 4.91. The Morgan fingerprint density at radius 1 is 0.484 bits per heavy atom. The second-order valence-electron chi connectivity index (χ2n) is 16.5. The minimum absolute atomic E-state index is 0.0790. The van der Waals surface area contributed by atoms with Crippen LogP contribution in [0.4, 0.5) is 0 Å². The third-order valence-electron chi connectivity index (χ3n) is 10.5. The van der Waals surface area contributed by atoms with Gasteiger partial charge in [0.25, 0.3) is 0 Å². The van der Waals surface area contributed by atoms with Crippen LogP contribution < -0.4 is 5.32 Å². The fourth-order valence-electron chi connectivity index (χ4n) is 6.70. The molecule has 3 atom stereocenters. The van der Waals surface area contributed by atoms with Crippen LogP contribution in [0.5, 0.6) is 0 Å². The topological polar surface area (TPSA) is 95.9 Å². The predicted octanol–water partition coefficient (Wildman–Crippen LogP) is 15.4. The SMILES string of the molecule is CC/C=C\C/C=C\C/C=C\C/C=C\C/C=C\C/C=C\C(CC(=O)NC(CO)C(O)CCCCCCCCCCCCC)OC(=O)CCC/C=C\C/C=C\C/C=C\C/C=C\C/C=C\CC. The molecular formula is C58H93NO5. The van der Waals surface area contributed by atoms with Crippen molar-refractivity contribution in [1.29, 1.82) is 0 Å². The number of carbonyl (C=O) groups excluding carboxylic acids is 2. The Bertz CT molecular complexity index is 1410. The van der Waals surface area contributed by atoms with Crippen LogP contribution in [0.3, 0.4) is 0 Å². The summed E-state index contributed by atoms with van der Waals surface area (Å²) in [6, 6.07) is -0.763. The lowest BCUT2D eigenvalue weighted by atomic mass is 10.0. The number of hydrogen-bond acceptors (Lipinski definition) is 5. The van der Waals surface area contributed by atoms with E-state index in [1.54, 1.807) is 6.08 Å². The zero-order valence-corrected chi connectivity index (χ0v) is 40.9. The zero-order valence-electron chi connectivity index (χ0n) is 40.9. The molecule has 6 heteroatoms. The molecule has 6 nitrogen and oxygen atoms in total. The van der Waals surface area contributed by atoms with Gasteiger partial charge in [-0.1, -0.05) is 219 Å². The number of amides is 1. The molecule has 1 amide bonds. The monoisotopic (exact) mass is 884 g/mol. The highest BCUT2D eigenvalue weighted by Gasteiger charge is 2.23. The molecule has 3 unspecified atom stereocenters. The summed E-state index contributed by atoms with van der Waals surface area (Å²) in [5.41, 5.74) is 0. The number of nitrogens with one attached hydrogen (secondary N) is 1. The van der Waals surface area contributed by atoms with Crippen molar-refractivity contribution < 1.29 is 24.5 Å². The number of esters is 1. The summed E-state index contributed by atoms with van der Waals surface area (Å²) in [7, 11) is 0. The van der Waals surface area contributed by atoms with Crippen molar-refractivity contribution >= 4 is 11.9 Å². The number of hydrogen-bond donors (Lipinski definition) is 3. The van der Waals surface area contributed by atoms with Gasteiger partial charge in [-0.2, -0.15) is 0 Å². The molecular weight excluding hydrogens is 791 g/mol. The van der Waals surface area contributed by atoms with Crippen molar-refractivity contribution in [1.82, 2.24) is 5.32 Å². The first-order valence-electron chi connectivity index (χ1n) is 25.4. The summed E-state index contributed by atoms with van der Waals surface area (Å²) in [5.74, 6) is -0.715. The first-order chi connectivity index (χ1) is 31.5. The summed E-state index contributed by atoms with van der Waals surface area (Å²) in [6.07, 6.45) is 71.1. The van der Waals surface area contributed by atoms with E-state index < -0.39 is 18.2 Å². The van der Waals surface area contributed by atoms with Gasteiger partial charge < -0.3 is 20.3 Å². The molecule has 64 heavy (non-hydrogen) atoms. The van der Waals surface area contributed by atoms with Crippen LogP contribution in [0.2, 0.25) is 0 Å². The average molecular weight is 884 g/mol. The molecule has 0 aromatic heterocycles. The molecule has 0 saturated heterocycles. The van der Waals surface area contributed by atoms with Gasteiger partial charge >= 0.3 is 5.97 Å². The maximum absolute atomic E-state index is 13.2. The van der Waals surface area contributed by atoms with Crippen LogP contribution in [0.1, 0.15) is 194 Å². The highest BCUT2D eigenvalue weighted by atomic mass is 16.5. The Labute approximate surface area is 393 Å². The second-order valence-corrected chi connectivity index (χ2v) is 16.5. The lowest BCUT2D eigenvalue weighted by Gasteiger charge is -2.23. The van der Waals surface area contributed by atoms with Crippen LogP contribution in [0.15, 0.2) is 134 Å². The molecule has 360 valence electrons. The molecule has 0 spiro atoms. The Kier molecular flexibility index (Phi) is 46.9. The number of carbonyl (C=O) groups is 2. The quantitative estimate of drug-likeness (QED) is 0.0322. The van der Waals surface area contributed by atoms with E-state index in [-0.39, 0.29) is 31.3 Å². The molecule has 0 aliphatic carbocycles. The molecule has 0 aliphatic heterocycles. The minimum Gasteiger partial charge on any atom is -0.458 e. The van der Waals surface area contributed by atoms with Crippen LogP contribution in [-0.2, 0) is 14.3 Å². The van der Waals surface area contributed by atoms with Gasteiger partial charge in [0.05, 0.1) is 25.2 Å². The van der Waals surface area contributed by atoms with Crippen molar-refractivity contribution in [3.63, 3.8) is 0 Å². The van der Waals surface area contributed by atoms with Crippen molar-refractivity contribution in [3.05, 3.63) is 134 Å². The minimum atomic E-state index is -0.838. The third kappa shape index (κ3) is 44.6. The standard InChI is InChI=1S/C58H93NO5/c1-4-7-10-13-16-19-22-24-26-28-30-32-35-37-40-43-46-49-54(52-57(62)59-55(53-60)56(61)50-47-44-41-38-34-21-18-15-12-9-6-3)64-58(63)51-48-45-42-39-36-33-31-29-27-25-23-20-17-14-11-8-5-2/h7-8,10-11,16-17,19-20,24-27,30-33,37,39-40,42,46,49,54-56,60-61H,4-6,9,12-15,18,21-23,28-29,34-36,38,41,43-45,47-48,50-53H2,1-3H3,(H,59,62)/b10-7-,11-8-,19-16-,20-17-,26-24-,27-25-,32-30-,33-31-,40-37-,42-39-,49-46-. The lowest BCUT2D eigenvalue weighted by molar-refractivity contribution is -0.148. The Morgan fingerprint density at radius 2 is 0.859 bits per heavy atom. The number of rotatable bonds is 43. The van der Waals surface area contributed by atoms with Gasteiger partial charge in [-0.3, -0.25) is 9.59 Å². The Hall–Kier alpha value is -4.00. The molecule has 0 aromatic rings. The third-order valence-corrected chi connectivity index (χ3v) is 10.5. The number of allylic oxidation sites excluding steroid dienone is 21. The van der Waals surface area contributed by atoms with E-state index in [1.165, 1.54) is 51.4 Å². The van der Waals surface area contributed by atoms with E-state index in [9.17, 15) is 19.8 Å². The van der Waals surface area contributed by atoms with Crippen LogP contribution in [0.25, 0.3) is 0 Å². The van der Waals surface area contributed by atoms with E-state index in [0.29, 0.717) is 19.3 Å². The molecule has 0 aliphatic rings. The van der Waals surface area contributed by atoms with Crippen molar-refractivity contribution in [2.45, 2.75) is 212 Å². The van der Waals surface area contributed by atoms with Crippen LogP contribution >= 0.6 is 0 Å². The van der Waals surface area contributed by atoms with Gasteiger partial charge in [-0.25, -0.2) is 0 Å². The van der Waals surface area contributed by atoms with E-state index in [0.717, 1.165) is 89.9 Å². The normalized spacial score (nSPS) is 14.4. The van der Waals surface area contributed by atoms with E-state index in [1.807, 2.05) is 6.08 Å². The van der Waals surface area contributed by atoms with Gasteiger partial charge in [0.15, 0.2) is 0 Å². The molecule has 0 bridgehead atoms. The largest absolute Gasteiger partial charge is 0.458 e. The second kappa shape index (κ2) is 50.0. The summed E-state index contributed by atoms with van der Waals surface area (Å²) in [6.45, 7) is 6.18. The van der Waals surface area contributed by atoms with Gasteiger partial charge in [0.2, 0.25) is 5.91 Å². The maximum atomic E-state index is 13.2. The molecule has 0 aromatic carbocycles. The molecule has 0 heterocycles. The molecule has 0 fully saturated rings. The molecule has 3 N–H and O–H groups in total. The summed E-state index contributed by atoms with van der Waals surface area (Å²) >= 11 is 0. The van der Waals surface area contributed by atoms with Crippen LogP contribution in [-0.4, -0.2) is 46.9 Å². The highest BCUT2D eigenvalue weighted by Crippen LogP contribution is 2.14. The number of ether oxygens (including phenoxy) is 1. The Morgan fingerprint density at radius 3 is 1.27 bits per heavy atom. The van der Waals surface area contributed by atoms with Gasteiger partial charge in [0.1, 0.15) is 6.10 Å². The summed E-state index contributed by atoms with van der Waals surface area (Å²) in [4.78, 5) is 26.1. The average Bonchev–Trinajstić information content (AvgIpc) is 3.29. The first-order valence-corrected chi connectivity index (χ1v) is 25.4. The van der Waals surface area contributed by atoms with E-state index in [4.69, 9.17) is 4.74 Å². The molecule has 0 rings (SSSR count). The maximum Gasteiger partial charge on any atom is 0.306 e. The zero-order chi connectivity index (χ0) is 46.7. The number of aliphatic hydroxyl groups is 2. The van der Waals surface area contributed by atoms with Gasteiger partial charge in [-0.05, 0) is 96.0 Å². The smallest absolute Gasteiger partial charge is 0.306 e. The first kappa shape index (κ1) is 60.0. The summed E-state index contributed by atoms with van der Waals surface area (Å²) < 4.78 is 5.79. The predicted molar refractivity (Wildman–Crippen MR) is 277 cm³/mol. The lowest BCUT2D eigenvalue weighted by Crippen LogP contribution is -2.46. The van der Waals surface area contributed by atoms with E-state index >= 15 is 0 Å². The fourth-order valence-corrected chi connectivity index (χ4v) is 6.70. The van der Waals surface area contributed by atoms with Crippen molar-refractivity contribution in [2.24, 2.45) is 0 Å². The fraction of sp³-hybridized carbons (Fsp3) is 0.586. The van der Waals surface area contributed by atoms with E-state index in [2.05, 4.69) is 148 Å². The van der Waals surface area contributed by atoms with Crippen molar-refractivity contribution in [3.8, 4) is 0 Å². The van der Waals surface area contributed by atoms with Gasteiger partial charge in [0, 0.05) is 6.42 Å². The van der Waals surface area contributed by atoms with Crippen molar-refractivity contribution in [2.75, 3.05) is 6.61 Å². The molecule has 0 saturated carbocycles. The number of unbranched alkanes of at least 4 members (excludes halogenated alkanes) is 11. The van der Waals surface area contributed by atoms with Crippen LogP contribution in [0, 0.1) is 0 Å². The highest BCUT2D eigenvalue weighted by molar-refractivity contribution is 5.78. The molecule has 0 radical (unpaired) electrons. The number of aliphatic hydroxyl groups excluding tert-OH is 2.